The number of ether oxygens (including phenoxy) is 2. The highest BCUT2D eigenvalue weighted by atomic mass is 32.2. The van der Waals surface area contributed by atoms with Gasteiger partial charge in [-0.15, -0.1) is 0 Å². The minimum atomic E-state index is -3.94. The number of benzene rings is 2. The smallest absolute Gasteiger partial charge is 0.264 e. The number of nitrogens with zero attached hydrogens (tertiary/aromatic N) is 3. The number of anilines is 1. The van der Waals surface area contributed by atoms with Gasteiger partial charge in [0, 0.05) is 57.9 Å². The predicted octanol–water partition coefficient (Wildman–Crippen LogP) is 4.64. The molecule has 216 valence electrons. The molecule has 3 heterocycles. The van der Waals surface area contributed by atoms with Crippen molar-refractivity contribution in [2.45, 2.75) is 37.0 Å². The van der Waals surface area contributed by atoms with Crippen molar-refractivity contribution in [3.05, 3.63) is 60.3 Å². The zero-order chi connectivity index (χ0) is 28.0. The van der Waals surface area contributed by atoms with Crippen LogP contribution in [0.3, 0.4) is 0 Å². The van der Waals surface area contributed by atoms with E-state index < -0.39 is 10.0 Å². The van der Waals surface area contributed by atoms with Crippen LogP contribution < -0.4 is 9.46 Å². The van der Waals surface area contributed by atoms with Crippen LogP contribution in [0.4, 0.5) is 5.69 Å². The van der Waals surface area contributed by atoms with Crippen LogP contribution in [0.2, 0.25) is 0 Å². The standard InChI is InChI=1S/C26H30N4O5S.C4H8.H2/c1-34-23-16-21(26(31)30-13-11-29(12-14-30)17-19-9-15-35-18-19)7-8-22(23)28-36(32,33)24-6-2-4-20-5-3-10-27-25(20)24;1-2-4-3-1;/h2-8,10,16,19,28H,9,11-15,17-18H2,1H3;1-4H2;1H. The van der Waals surface area contributed by atoms with E-state index >= 15 is 0 Å². The number of fused-ring (bicyclic) bond motifs is 1. The Bertz CT molecular complexity index is 1410. The number of hydrogen-bond acceptors (Lipinski definition) is 7. The number of para-hydroxylation sites is 1. The van der Waals surface area contributed by atoms with Crippen molar-refractivity contribution >= 4 is 32.5 Å². The molecule has 0 radical (unpaired) electrons. The largest absolute Gasteiger partial charge is 0.495 e. The van der Waals surface area contributed by atoms with Crippen molar-refractivity contribution in [3.63, 3.8) is 0 Å². The van der Waals surface area contributed by atoms with Crippen LogP contribution in [0.25, 0.3) is 10.9 Å². The first-order valence-corrected chi connectivity index (χ1v) is 15.6. The normalized spacial score (nSPS) is 19.4. The average molecular weight is 569 g/mol. The predicted molar refractivity (Wildman–Crippen MR) is 157 cm³/mol. The molecule has 1 unspecified atom stereocenters. The number of pyridine rings is 1. The summed E-state index contributed by atoms with van der Waals surface area (Å²) in [5.41, 5.74) is 1.10. The number of carbonyl (C=O) groups is 1. The minimum absolute atomic E-state index is 0. The quantitative estimate of drug-likeness (QED) is 0.443. The van der Waals surface area contributed by atoms with Gasteiger partial charge in [0.1, 0.15) is 10.6 Å². The van der Waals surface area contributed by atoms with Gasteiger partial charge in [0.2, 0.25) is 0 Å². The first kappa shape index (κ1) is 28.3. The van der Waals surface area contributed by atoms with Gasteiger partial charge in [0.25, 0.3) is 15.9 Å². The van der Waals surface area contributed by atoms with Crippen LogP contribution in [0.5, 0.6) is 5.75 Å². The molecule has 3 fully saturated rings. The first-order chi connectivity index (χ1) is 19.4. The van der Waals surface area contributed by atoms with Gasteiger partial charge in [-0.2, -0.15) is 0 Å². The van der Waals surface area contributed by atoms with E-state index in [-0.39, 0.29) is 23.7 Å². The highest BCUT2D eigenvalue weighted by molar-refractivity contribution is 7.93. The lowest BCUT2D eigenvalue weighted by molar-refractivity contribution is 0.0611. The van der Waals surface area contributed by atoms with Crippen LogP contribution >= 0.6 is 0 Å². The zero-order valence-electron chi connectivity index (χ0n) is 23.0. The maximum atomic E-state index is 13.2. The van der Waals surface area contributed by atoms with Gasteiger partial charge in [0.05, 0.1) is 24.9 Å². The van der Waals surface area contributed by atoms with Crippen LogP contribution in [0, 0.1) is 5.92 Å². The van der Waals surface area contributed by atoms with Crippen molar-refractivity contribution in [2.75, 3.05) is 57.8 Å². The van der Waals surface area contributed by atoms with Gasteiger partial charge in [-0.05, 0) is 42.7 Å². The third-order valence-corrected chi connectivity index (χ3v) is 9.18. The summed E-state index contributed by atoms with van der Waals surface area (Å²) in [7, 11) is -2.49. The second kappa shape index (κ2) is 13.0. The number of aromatic nitrogens is 1. The van der Waals surface area contributed by atoms with E-state index in [1.165, 1.54) is 38.9 Å². The molecule has 0 bridgehead atoms. The van der Waals surface area contributed by atoms with Crippen molar-refractivity contribution in [1.82, 2.24) is 14.8 Å². The van der Waals surface area contributed by atoms with E-state index in [2.05, 4.69) is 14.6 Å². The number of piperazine rings is 1. The van der Waals surface area contributed by atoms with Gasteiger partial charge < -0.3 is 14.4 Å². The Balaban J connectivity index is 0.000000714. The summed E-state index contributed by atoms with van der Waals surface area (Å²) < 4.78 is 39.9. The third-order valence-electron chi connectivity index (χ3n) is 7.78. The summed E-state index contributed by atoms with van der Waals surface area (Å²) in [6.07, 6.45) is 8.66. The summed E-state index contributed by atoms with van der Waals surface area (Å²) in [6, 6.07) is 13.4. The van der Waals surface area contributed by atoms with Crippen LogP contribution in [-0.4, -0.2) is 82.2 Å². The zero-order valence-corrected chi connectivity index (χ0v) is 23.9. The molecule has 0 spiro atoms. The number of sulfonamides is 1. The molecule has 1 aromatic heterocycles. The number of hydrogen-bond donors (Lipinski definition) is 1. The van der Waals surface area contributed by atoms with Crippen molar-refractivity contribution in [2.24, 2.45) is 5.92 Å². The SMILES string of the molecule is C1CCC1.COc1cc(C(=O)N2CCN(CC3CCOC3)CC2)ccc1NS(=O)(=O)c1cccc2cccnc12.[HH]. The summed E-state index contributed by atoms with van der Waals surface area (Å²) >= 11 is 0. The Morgan fingerprint density at radius 1 is 1.07 bits per heavy atom. The van der Waals surface area contributed by atoms with E-state index in [1.54, 1.807) is 36.5 Å². The summed E-state index contributed by atoms with van der Waals surface area (Å²) in [5.74, 6) is 0.764. The fourth-order valence-corrected chi connectivity index (χ4v) is 6.31. The third kappa shape index (κ3) is 6.74. The second-order valence-corrected chi connectivity index (χ2v) is 12.2. The Kier molecular flexibility index (Phi) is 9.18. The monoisotopic (exact) mass is 568 g/mol. The number of methoxy groups -OCH3 is 1. The van der Waals surface area contributed by atoms with Gasteiger partial charge in [-0.3, -0.25) is 19.4 Å². The topological polar surface area (TPSA) is 101 Å². The lowest BCUT2D eigenvalue weighted by Gasteiger charge is -2.35. The molecule has 1 aliphatic carbocycles. The Labute approximate surface area is 238 Å². The van der Waals surface area contributed by atoms with Gasteiger partial charge >= 0.3 is 0 Å². The Morgan fingerprint density at radius 3 is 2.50 bits per heavy atom. The van der Waals surface area contributed by atoms with Crippen LogP contribution in [-0.2, 0) is 14.8 Å². The second-order valence-electron chi connectivity index (χ2n) is 10.6. The highest BCUT2D eigenvalue weighted by Gasteiger charge is 2.26. The number of nitrogens with one attached hydrogen (secondary N) is 1. The molecule has 2 saturated heterocycles. The van der Waals surface area contributed by atoms with E-state index in [0.29, 0.717) is 30.1 Å². The van der Waals surface area contributed by atoms with E-state index in [0.717, 1.165) is 44.7 Å². The Hall–Kier alpha value is -3.21. The molecule has 1 N–H and O–H groups in total. The molecular weight excluding hydrogens is 528 g/mol. The van der Waals surface area contributed by atoms with E-state index in [4.69, 9.17) is 9.47 Å². The lowest BCUT2D eigenvalue weighted by atomic mass is 10.0. The maximum Gasteiger partial charge on any atom is 0.264 e. The van der Waals surface area contributed by atoms with Gasteiger partial charge in [-0.25, -0.2) is 8.42 Å². The molecule has 10 heteroatoms. The van der Waals surface area contributed by atoms with Gasteiger partial charge in [-0.1, -0.05) is 43.9 Å². The molecule has 2 aliphatic heterocycles. The molecule has 3 aliphatic rings. The molecule has 2 aromatic carbocycles. The molecule has 1 amide bonds. The summed E-state index contributed by atoms with van der Waals surface area (Å²) in [5, 5.41) is 0.727. The van der Waals surface area contributed by atoms with Crippen LogP contribution in [0.15, 0.2) is 59.6 Å². The fraction of sp³-hybridized carbons (Fsp3) is 0.467. The summed E-state index contributed by atoms with van der Waals surface area (Å²) in [6.45, 7) is 5.64. The minimum Gasteiger partial charge on any atom is -0.495 e. The van der Waals surface area contributed by atoms with Crippen LogP contribution in [0.1, 0.15) is 43.9 Å². The van der Waals surface area contributed by atoms with Gasteiger partial charge in [0.15, 0.2) is 0 Å². The molecule has 3 aromatic rings. The molecule has 6 rings (SSSR count). The average Bonchev–Trinajstić information content (AvgIpc) is 3.45. The van der Waals surface area contributed by atoms with Crippen molar-refractivity contribution in [3.8, 4) is 5.75 Å². The van der Waals surface area contributed by atoms with Crippen molar-refractivity contribution in [1.29, 1.82) is 0 Å². The summed E-state index contributed by atoms with van der Waals surface area (Å²) in [4.78, 5) is 21.7. The van der Waals surface area contributed by atoms with E-state index in [9.17, 15) is 13.2 Å². The molecular formula is C30H40N4O5S. The molecule has 9 nitrogen and oxygen atoms in total. The molecule has 1 saturated carbocycles. The highest BCUT2D eigenvalue weighted by Crippen LogP contribution is 2.30. The molecule has 1 atom stereocenters. The first-order valence-electron chi connectivity index (χ1n) is 14.1. The van der Waals surface area contributed by atoms with E-state index in [1.807, 2.05) is 17.0 Å². The Morgan fingerprint density at radius 2 is 1.82 bits per heavy atom. The number of amides is 1. The van der Waals surface area contributed by atoms with Crippen molar-refractivity contribution < 1.29 is 24.1 Å². The maximum absolute atomic E-state index is 13.2. The molecule has 40 heavy (non-hydrogen) atoms. The number of rotatable bonds is 7. The fourth-order valence-electron chi connectivity index (χ4n) is 5.06. The lowest BCUT2D eigenvalue weighted by Crippen LogP contribution is -2.49. The number of carbonyl (C=O) groups excluding carboxylic acids is 1.